The maximum atomic E-state index is 11.1. The molecule has 35 heavy (non-hydrogen) atoms. The molecule has 0 spiro atoms. The lowest BCUT2D eigenvalue weighted by Crippen LogP contribution is -2.13. The van der Waals surface area contributed by atoms with Gasteiger partial charge in [-0.05, 0) is 67.9 Å². The van der Waals surface area contributed by atoms with E-state index in [1.54, 1.807) is 24.3 Å². The molecule has 4 aromatic rings. The molecular weight excluding hydrogens is 462 g/mol. The fraction of sp³-hybridized carbons (Fsp3) is 0.308. The van der Waals surface area contributed by atoms with Crippen molar-refractivity contribution in [1.29, 1.82) is 0 Å². The first-order valence-electron chi connectivity index (χ1n) is 11.6. The number of nitrogens with two attached hydrogens (primary N) is 1. The number of amides is 1. The molecule has 1 fully saturated rings. The van der Waals surface area contributed by atoms with Crippen LogP contribution in [-0.4, -0.2) is 46.1 Å². The van der Waals surface area contributed by atoms with Crippen molar-refractivity contribution in [1.82, 2.24) is 20.1 Å². The number of hydrogen-bond acceptors (Lipinski definition) is 7. The summed E-state index contributed by atoms with van der Waals surface area (Å²) in [5.41, 5.74) is 9.05. The summed E-state index contributed by atoms with van der Waals surface area (Å²) >= 11 is 1.24. The number of aromatic nitrogens is 3. The van der Waals surface area contributed by atoms with Crippen molar-refractivity contribution in [3.05, 3.63) is 86.1 Å². The maximum Gasteiger partial charge on any atom is 0.322 e. The lowest BCUT2D eigenvalue weighted by atomic mass is 10.0. The first-order valence-corrected chi connectivity index (χ1v) is 12.4. The molecule has 3 heterocycles. The molecule has 0 radical (unpaired) electrons. The molecule has 1 atom stereocenters. The monoisotopic (exact) mass is 491 g/mol. The molecule has 2 aromatic carbocycles. The average molecular weight is 492 g/mol. The van der Waals surface area contributed by atoms with Gasteiger partial charge in [0.2, 0.25) is 5.91 Å². The van der Waals surface area contributed by atoms with E-state index in [9.17, 15) is 9.59 Å². The number of pyridine rings is 1. The third kappa shape index (κ3) is 6.12. The van der Waals surface area contributed by atoms with Gasteiger partial charge in [0, 0.05) is 29.6 Å². The summed E-state index contributed by atoms with van der Waals surface area (Å²) < 4.78 is 5.83. The third-order valence-corrected chi connectivity index (χ3v) is 6.96. The minimum Gasteiger partial charge on any atom is -0.489 e. The number of H-pyrrole nitrogens is 1. The summed E-state index contributed by atoms with van der Waals surface area (Å²) in [6, 6.07) is 15.0. The largest absolute Gasteiger partial charge is 0.489 e. The molecule has 2 aromatic heterocycles. The van der Waals surface area contributed by atoms with Gasteiger partial charge in [-0.3, -0.25) is 14.6 Å². The highest BCUT2D eigenvalue weighted by atomic mass is 32.1. The fourth-order valence-electron chi connectivity index (χ4n) is 4.13. The van der Waals surface area contributed by atoms with Crippen molar-refractivity contribution in [2.45, 2.75) is 32.3 Å². The molecule has 8 nitrogen and oxygen atoms in total. The number of nitrogens with zero attached hydrogens (tertiary/aromatic N) is 3. The Morgan fingerprint density at radius 2 is 1.97 bits per heavy atom. The van der Waals surface area contributed by atoms with Crippen molar-refractivity contribution in [3.63, 3.8) is 0 Å². The zero-order valence-electron chi connectivity index (χ0n) is 19.9. The zero-order chi connectivity index (χ0) is 24.8. The van der Waals surface area contributed by atoms with Gasteiger partial charge < -0.3 is 15.4 Å². The van der Waals surface area contributed by atoms with Gasteiger partial charge in [0.05, 0.1) is 5.52 Å². The van der Waals surface area contributed by atoms with E-state index in [0.29, 0.717) is 23.8 Å². The van der Waals surface area contributed by atoms with Crippen LogP contribution in [0.4, 0.5) is 0 Å². The van der Waals surface area contributed by atoms with Crippen molar-refractivity contribution < 1.29 is 9.53 Å². The molecule has 0 saturated carbocycles. The number of carbonyl (C=O) groups excluding carboxylic acids is 1. The molecule has 182 valence electrons. The van der Waals surface area contributed by atoms with E-state index in [4.69, 9.17) is 10.5 Å². The van der Waals surface area contributed by atoms with Crippen molar-refractivity contribution in [2.75, 3.05) is 20.1 Å². The van der Waals surface area contributed by atoms with Gasteiger partial charge in [0.15, 0.2) is 0 Å². The molecule has 0 aliphatic carbocycles. The first kappa shape index (κ1) is 24.6. The molecule has 0 unspecified atom stereocenters. The van der Waals surface area contributed by atoms with E-state index in [0.717, 1.165) is 47.4 Å². The molecule has 1 aliphatic rings. The van der Waals surface area contributed by atoms with Gasteiger partial charge in [-0.2, -0.15) is 5.10 Å². The predicted octanol–water partition coefficient (Wildman–Crippen LogP) is 3.73. The number of ether oxygens (including phenoxy) is 1. The van der Waals surface area contributed by atoms with Crippen LogP contribution in [0, 0.1) is 0 Å². The summed E-state index contributed by atoms with van der Waals surface area (Å²) in [6.45, 7) is 4.71. The second-order valence-electron chi connectivity index (χ2n) is 8.51. The smallest absolute Gasteiger partial charge is 0.322 e. The molecular formula is C26H29N5O3S. The number of primary amides is 1. The summed E-state index contributed by atoms with van der Waals surface area (Å²) in [5, 5.41) is 8.52. The molecule has 0 bridgehead atoms. The van der Waals surface area contributed by atoms with Crippen LogP contribution in [0.5, 0.6) is 5.75 Å². The Labute approximate surface area is 207 Å². The van der Waals surface area contributed by atoms with E-state index < -0.39 is 5.91 Å². The molecule has 9 heteroatoms. The van der Waals surface area contributed by atoms with Crippen LogP contribution < -0.4 is 15.3 Å². The number of carbonyl (C=O) groups is 1. The Morgan fingerprint density at radius 1 is 1.20 bits per heavy atom. The highest BCUT2D eigenvalue weighted by Crippen LogP contribution is 2.25. The number of likely N-dealkylation sites (tertiary alicyclic amines) is 1. The van der Waals surface area contributed by atoms with E-state index >= 15 is 0 Å². The second-order valence-corrected chi connectivity index (χ2v) is 9.51. The first-order chi connectivity index (χ1) is 16.9. The Bertz CT molecular complexity index is 1350. The zero-order valence-corrected chi connectivity index (χ0v) is 20.7. The molecule has 3 N–H and O–H groups in total. The quantitative estimate of drug-likeness (QED) is 0.425. The summed E-state index contributed by atoms with van der Waals surface area (Å²) in [4.78, 5) is 28.6. The number of fused-ring (bicyclic) bond motifs is 1. The van der Waals surface area contributed by atoms with Gasteiger partial charge in [0.1, 0.15) is 17.4 Å². The number of hydrogen-bond donors (Lipinski definition) is 2. The third-order valence-electron chi connectivity index (χ3n) is 6.05. The minimum atomic E-state index is -0.441. The van der Waals surface area contributed by atoms with E-state index in [1.807, 2.05) is 12.3 Å². The van der Waals surface area contributed by atoms with Gasteiger partial charge in [0.25, 0.3) is 0 Å². The standard InChI is InChI=1S/C19H18N2O2.C7H11N3OS/c1-2-13-5-6-15(17-4-3-11-21-18(13)17)12-23-16-9-7-14(8-10-16)19(20)22;1-10-3-2-5(4-10)6-8-9-7(11)12-6/h3-11H,2,12H2,1H3,(H2,20,22);5H,2-4H2,1H3,(H,9,11)/t;5-/m.1/s1. The Hall–Kier alpha value is -3.56. The molecule has 5 rings (SSSR count). The highest BCUT2D eigenvalue weighted by Gasteiger charge is 2.23. The van der Waals surface area contributed by atoms with Crippen LogP contribution in [0.2, 0.25) is 0 Å². The predicted molar refractivity (Wildman–Crippen MR) is 138 cm³/mol. The topological polar surface area (TPSA) is 114 Å². The number of rotatable bonds is 6. The number of likely N-dealkylation sites (N-methyl/N-ethyl adjacent to an activating group) is 1. The minimum absolute atomic E-state index is 0.0421. The molecule has 1 amide bonds. The van der Waals surface area contributed by atoms with Crippen molar-refractivity contribution >= 4 is 28.1 Å². The summed E-state index contributed by atoms with van der Waals surface area (Å²) in [7, 11) is 2.09. The average Bonchev–Trinajstić information content (AvgIpc) is 3.51. The highest BCUT2D eigenvalue weighted by molar-refractivity contribution is 7.08. The van der Waals surface area contributed by atoms with Gasteiger partial charge in [-0.25, -0.2) is 5.10 Å². The SMILES string of the molecule is CCc1ccc(COc2ccc(C(N)=O)cc2)c2cccnc12.CN1CC[C@@H](c2n[nH]c(=O)s2)C1. The lowest BCUT2D eigenvalue weighted by molar-refractivity contribution is 0.1000. The Kier molecular flexibility index (Phi) is 7.89. The second kappa shape index (κ2) is 11.2. The van der Waals surface area contributed by atoms with Crippen molar-refractivity contribution in [2.24, 2.45) is 5.73 Å². The van der Waals surface area contributed by atoms with E-state index in [1.165, 1.54) is 16.9 Å². The number of nitrogens with one attached hydrogen (secondary N) is 1. The number of aryl methyl sites for hydroxylation is 1. The van der Waals surface area contributed by atoms with Gasteiger partial charge >= 0.3 is 4.87 Å². The van der Waals surface area contributed by atoms with Crippen molar-refractivity contribution in [3.8, 4) is 5.75 Å². The maximum absolute atomic E-state index is 11.1. The van der Waals surface area contributed by atoms with Crippen LogP contribution in [0.3, 0.4) is 0 Å². The number of benzene rings is 2. The van der Waals surface area contributed by atoms with Crippen LogP contribution in [-0.2, 0) is 13.0 Å². The Balaban J connectivity index is 0.000000201. The van der Waals surface area contributed by atoms with E-state index in [2.05, 4.69) is 52.3 Å². The summed E-state index contributed by atoms with van der Waals surface area (Å²) in [6.07, 6.45) is 3.88. The molecule has 1 saturated heterocycles. The Morgan fingerprint density at radius 3 is 2.60 bits per heavy atom. The van der Waals surface area contributed by atoms with Gasteiger partial charge in [-0.1, -0.05) is 36.5 Å². The van der Waals surface area contributed by atoms with E-state index in [-0.39, 0.29) is 4.87 Å². The fourth-order valence-corrected chi connectivity index (χ4v) is 4.86. The lowest BCUT2D eigenvalue weighted by Gasteiger charge is -2.11. The van der Waals surface area contributed by atoms with Crippen LogP contribution >= 0.6 is 11.3 Å². The van der Waals surface area contributed by atoms with Crippen LogP contribution in [0.25, 0.3) is 10.9 Å². The van der Waals surface area contributed by atoms with Gasteiger partial charge in [-0.15, -0.1) is 0 Å². The number of aromatic amines is 1. The summed E-state index contributed by atoms with van der Waals surface area (Å²) in [5.74, 6) is 0.731. The van der Waals surface area contributed by atoms with Crippen LogP contribution in [0.1, 0.15) is 45.8 Å². The van der Waals surface area contributed by atoms with Crippen LogP contribution in [0.15, 0.2) is 59.5 Å². The molecule has 1 aliphatic heterocycles. The normalized spacial score (nSPS) is 15.5.